The number of aromatic hydroxyl groups is 1. The van der Waals surface area contributed by atoms with Crippen molar-refractivity contribution in [1.82, 2.24) is 20.9 Å². The number of benzene rings is 4. The molecule has 1 heterocycles. The van der Waals surface area contributed by atoms with Crippen molar-refractivity contribution in [3.05, 3.63) is 141 Å². The van der Waals surface area contributed by atoms with Crippen molar-refractivity contribution in [3.8, 4) is 11.5 Å². The number of rotatable bonds is 15. The molecule has 0 aliphatic rings. The highest BCUT2D eigenvalue weighted by molar-refractivity contribution is 5.94. The van der Waals surface area contributed by atoms with E-state index in [1.807, 2.05) is 48.5 Å². The van der Waals surface area contributed by atoms with Crippen molar-refractivity contribution in [1.29, 1.82) is 0 Å². The number of carboxylic acid groups (broad SMARTS) is 1. The Labute approximate surface area is 277 Å². The number of amides is 2. The highest BCUT2D eigenvalue weighted by atomic mass is 16.5. The number of aromatic nitrogens is 1. The van der Waals surface area contributed by atoms with Crippen LogP contribution in [0.2, 0.25) is 0 Å². The van der Waals surface area contributed by atoms with Crippen LogP contribution in [0.5, 0.6) is 11.5 Å². The lowest BCUT2D eigenvalue weighted by atomic mass is 9.98. The average Bonchev–Trinajstić information content (AvgIpc) is 3.10. The maximum absolute atomic E-state index is 12.8. The molecule has 5 rings (SSSR count). The first kappa shape index (κ1) is 33.7. The fourth-order valence-corrected chi connectivity index (χ4v) is 5.46. The third kappa shape index (κ3) is 8.99. The van der Waals surface area contributed by atoms with E-state index in [4.69, 9.17) is 4.74 Å². The van der Waals surface area contributed by atoms with Crippen LogP contribution in [0, 0.1) is 0 Å². The Morgan fingerprint density at radius 1 is 0.833 bits per heavy atom. The Hall–Kier alpha value is -5.65. The van der Waals surface area contributed by atoms with E-state index in [2.05, 4.69) is 20.9 Å². The predicted molar refractivity (Wildman–Crippen MR) is 182 cm³/mol. The second kappa shape index (κ2) is 16.3. The van der Waals surface area contributed by atoms with Crippen molar-refractivity contribution < 1.29 is 29.6 Å². The normalized spacial score (nSPS) is 12.3. The SMILES string of the molecule is O=C(O)NC(c1ccccc1)c1cccc(OCc2cccc(C(=O)NCCCCNCC(O)c3ccc(O)c4[nH]c(=O)ccc34)c2)c1. The van der Waals surface area contributed by atoms with Gasteiger partial charge >= 0.3 is 6.09 Å². The number of nitrogens with one attached hydrogen (secondary N) is 4. The maximum Gasteiger partial charge on any atom is 0.405 e. The van der Waals surface area contributed by atoms with E-state index in [0.717, 1.165) is 29.5 Å². The molecule has 0 saturated carbocycles. The van der Waals surface area contributed by atoms with Gasteiger partial charge in [-0.2, -0.15) is 0 Å². The van der Waals surface area contributed by atoms with Gasteiger partial charge in [-0.3, -0.25) is 9.59 Å². The summed E-state index contributed by atoms with van der Waals surface area (Å²) in [5.41, 5.74) is 3.44. The third-order valence-electron chi connectivity index (χ3n) is 7.86. The summed E-state index contributed by atoms with van der Waals surface area (Å²) in [5.74, 6) is 0.329. The molecule has 2 atom stereocenters. The van der Waals surface area contributed by atoms with Gasteiger partial charge in [-0.05, 0) is 78.0 Å². The maximum atomic E-state index is 12.8. The van der Waals surface area contributed by atoms with Crippen LogP contribution in [0.25, 0.3) is 10.9 Å². The molecule has 0 bridgehead atoms. The topological polar surface area (TPSA) is 173 Å². The average molecular weight is 651 g/mol. The first-order chi connectivity index (χ1) is 23.3. The number of aliphatic hydroxyl groups is 1. The molecule has 2 unspecified atom stereocenters. The first-order valence-corrected chi connectivity index (χ1v) is 15.7. The molecule has 0 saturated heterocycles. The standard InChI is InChI=1S/C37H38N4O7/c42-31-16-14-29(30-15-17-33(44)40-35(30)31)32(43)22-38-18-4-5-19-39-36(45)27-12-6-8-24(20-27)23-48-28-13-7-11-26(21-28)34(41-37(46)47)25-9-2-1-3-10-25/h1-3,6-17,20-21,32,34,38,41-43H,4-5,18-19,22-23H2,(H,39,45)(H,40,44)(H,46,47). The molecule has 2 amide bonds. The molecule has 248 valence electrons. The van der Waals surface area contributed by atoms with E-state index < -0.39 is 18.2 Å². The van der Waals surface area contributed by atoms with Crippen LogP contribution in [0.15, 0.2) is 108 Å². The lowest BCUT2D eigenvalue weighted by Gasteiger charge is -2.19. The smallest absolute Gasteiger partial charge is 0.405 e. The molecular weight excluding hydrogens is 612 g/mol. The van der Waals surface area contributed by atoms with Crippen LogP contribution < -0.4 is 26.2 Å². The van der Waals surface area contributed by atoms with Gasteiger partial charge in [-0.25, -0.2) is 4.79 Å². The van der Waals surface area contributed by atoms with Crippen molar-refractivity contribution in [2.45, 2.75) is 31.6 Å². The summed E-state index contributed by atoms with van der Waals surface area (Å²) < 4.78 is 6.01. The number of ether oxygens (including phenoxy) is 1. The van der Waals surface area contributed by atoms with Crippen molar-refractivity contribution in [3.63, 3.8) is 0 Å². The first-order valence-electron chi connectivity index (χ1n) is 15.7. The number of aromatic amines is 1. The molecule has 11 nitrogen and oxygen atoms in total. The molecule has 0 radical (unpaired) electrons. The van der Waals surface area contributed by atoms with E-state index in [1.54, 1.807) is 42.5 Å². The number of hydrogen-bond acceptors (Lipinski definition) is 7. The zero-order valence-corrected chi connectivity index (χ0v) is 26.2. The number of carbonyl (C=O) groups excluding carboxylic acids is 1. The Morgan fingerprint density at radius 3 is 2.42 bits per heavy atom. The van der Waals surface area contributed by atoms with Gasteiger partial charge in [-0.15, -0.1) is 0 Å². The van der Waals surface area contributed by atoms with Crippen LogP contribution in [0.3, 0.4) is 0 Å². The second-order valence-corrected chi connectivity index (χ2v) is 11.3. The van der Waals surface area contributed by atoms with Gasteiger partial charge in [-0.1, -0.05) is 60.7 Å². The molecule has 1 aromatic heterocycles. The molecular formula is C37H38N4O7. The van der Waals surface area contributed by atoms with Crippen LogP contribution in [0.4, 0.5) is 4.79 Å². The summed E-state index contributed by atoms with van der Waals surface area (Å²) >= 11 is 0. The largest absolute Gasteiger partial charge is 0.506 e. The number of fused-ring (bicyclic) bond motifs is 1. The fourth-order valence-electron chi connectivity index (χ4n) is 5.46. The molecule has 48 heavy (non-hydrogen) atoms. The lowest BCUT2D eigenvalue weighted by Crippen LogP contribution is -2.27. The van der Waals surface area contributed by atoms with E-state index in [1.165, 1.54) is 12.1 Å². The van der Waals surface area contributed by atoms with Gasteiger partial charge in [0, 0.05) is 30.1 Å². The number of carbonyl (C=O) groups is 2. The van der Waals surface area contributed by atoms with Crippen molar-refractivity contribution in [2.75, 3.05) is 19.6 Å². The quantitative estimate of drug-likeness (QED) is 0.0776. The van der Waals surface area contributed by atoms with E-state index in [9.17, 15) is 29.7 Å². The summed E-state index contributed by atoms with van der Waals surface area (Å²) in [5, 5.41) is 39.4. The number of H-pyrrole nitrogens is 1. The van der Waals surface area contributed by atoms with Crippen molar-refractivity contribution >= 4 is 22.9 Å². The Balaban J connectivity index is 1.05. The molecule has 0 fully saturated rings. The number of hydrogen-bond donors (Lipinski definition) is 7. The number of pyridine rings is 1. The van der Waals surface area contributed by atoms with Gasteiger partial charge in [0.2, 0.25) is 5.56 Å². The van der Waals surface area contributed by atoms with Crippen LogP contribution in [-0.4, -0.2) is 51.9 Å². The lowest BCUT2D eigenvalue weighted by molar-refractivity contribution is 0.0952. The zero-order valence-electron chi connectivity index (χ0n) is 26.2. The molecule has 4 aromatic carbocycles. The minimum absolute atomic E-state index is 0.0545. The van der Waals surface area contributed by atoms with Crippen LogP contribution in [0.1, 0.15) is 57.6 Å². The number of unbranched alkanes of at least 4 members (excludes halogenated alkanes) is 1. The van der Waals surface area contributed by atoms with Gasteiger partial charge < -0.3 is 41.0 Å². The van der Waals surface area contributed by atoms with Gasteiger partial charge in [0.05, 0.1) is 17.7 Å². The van der Waals surface area contributed by atoms with Gasteiger partial charge in [0.1, 0.15) is 18.1 Å². The van der Waals surface area contributed by atoms with Gasteiger partial charge in [0.15, 0.2) is 0 Å². The third-order valence-corrected chi connectivity index (χ3v) is 7.86. The monoisotopic (exact) mass is 650 g/mol. The molecule has 0 aliphatic heterocycles. The van der Waals surface area contributed by atoms with E-state index in [-0.39, 0.29) is 30.4 Å². The minimum Gasteiger partial charge on any atom is -0.506 e. The summed E-state index contributed by atoms with van der Waals surface area (Å²) in [6.07, 6.45) is -0.452. The predicted octanol–water partition coefficient (Wildman–Crippen LogP) is 5.00. The summed E-state index contributed by atoms with van der Waals surface area (Å²) in [6.45, 7) is 1.63. The molecule has 5 aromatic rings. The highest BCUT2D eigenvalue weighted by Gasteiger charge is 2.17. The zero-order chi connectivity index (χ0) is 33.9. The van der Waals surface area contributed by atoms with Gasteiger partial charge in [0.25, 0.3) is 5.91 Å². The fraction of sp³-hybridized carbons (Fsp3) is 0.216. The number of phenols is 1. The number of aliphatic hydroxyl groups excluding tert-OH is 1. The Morgan fingerprint density at radius 2 is 1.60 bits per heavy atom. The summed E-state index contributed by atoms with van der Waals surface area (Å²) in [7, 11) is 0. The number of phenolic OH excluding ortho intramolecular Hbond substituents is 1. The summed E-state index contributed by atoms with van der Waals surface area (Å²) in [4.78, 5) is 38.5. The second-order valence-electron chi connectivity index (χ2n) is 11.3. The van der Waals surface area contributed by atoms with Crippen LogP contribution >= 0.6 is 0 Å². The molecule has 11 heteroatoms. The van der Waals surface area contributed by atoms with Crippen molar-refractivity contribution in [2.24, 2.45) is 0 Å². The molecule has 7 N–H and O–H groups in total. The van der Waals surface area contributed by atoms with E-state index in [0.29, 0.717) is 40.9 Å². The minimum atomic E-state index is -1.13. The molecule has 0 aliphatic carbocycles. The van der Waals surface area contributed by atoms with E-state index >= 15 is 0 Å². The Bertz CT molecular complexity index is 1910. The highest BCUT2D eigenvalue weighted by Crippen LogP contribution is 2.29. The Kier molecular flexibility index (Phi) is 11.4. The van der Waals surface area contributed by atoms with Crippen LogP contribution in [-0.2, 0) is 6.61 Å². The molecule has 0 spiro atoms. The summed E-state index contributed by atoms with van der Waals surface area (Å²) in [6, 6.07) is 29.3.